The number of hydrogen-bond donors (Lipinski definition) is 1. The SMILES string of the molecule is O=C(NCCc1cn2ccccc2n1)C1CCN(c2ccc(Cl)cc2)C1=O. The van der Waals surface area contributed by atoms with Crippen LogP contribution in [0.2, 0.25) is 5.02 Å². The third-order valence-corrected chi connectivity index (χ3v) is 5.01. The van der Waals surface area contributed by atoms with Gasteiger partial charge < -0.3 is 14.6 Å². The number of benzene rings is 1. The van der Waals surface area contributed by atoms with Crippen molar-refractivity contribution >= 4 is 34.7 Å². The summed E-state index contributed by atoms with van der Waals surface area (Å²) in [6.07, 6.45) is 5.02. The van der Waals surface area contributed by atoms with Crippen molar-refractivity contribution in [3.63, 3.8) is 0 Å². The average Bonchev–Trinajstić information content (AvgIpc) is 3.25. The van der Waals surface area contributed by atoms with Gasteiger partial charge in [-0.15, -0.1) is 0 Å². The summed E-state index contributed by atoms with van der Waals surface area (Å²) >= 11 is 5.89. The normalized spacial score (nSPS) is 16.9. The Balaban J connectivity index is 1.33. The number of hydrogen-bond acceptors (Lipinski definition) is 3. The number of aromatic nitrogens is 2. The minimum Gasteiger partial charge on any atom is -0.355 e. The molecule has 7 heteroatoms. The number of rotatable bonds is 5. The number of fused-ring (bicyclic) bond motifs is 1. The number of pyridine rings is 1. The fraction of sp³-hybridized carbons (Fsp3) is 0.250. The molecule has 0 spiro atoms. The smallest absolute Gasteiger partial charge is 0.239 e. The van der Waals surface area contributed by atoms with E-state index in [0.717, 1.165) is 17.0 Å². The maximum atomic E-state index is 12.6. The number of imidazole rings is 1. The van der Waals surface area contributed by atoms with Crippen molar-refractivity contribution in [3.05, 3.63) is 65.6 Å². The second-order valence-electron chi connectivity index (χ2n) is 6.55. The topological polar surface area (TPSA) is 66.7 Å². The van der Waals surface area contributed by atoms with Crippen molar-refractivity contribution in [1.82, 2.24) is 14.7 Å². The van der Waals surface area contributed by atoms with E-state index in [1.807, 2.05) is 35.0 Å². The van der Waals surface area contributed by atoms with E-state index in [9.17, 15) is 9.59 Å². The first-order valence-electron chi connectivity index (χ1n) is 8.89. The molecule has 2 aromatic heterocycles. The van der Waals surface area contributed by atoms with Crippen LogP contribution in [-0.4, -0.2) is 34.3 Å². The van der Waals surface area contributed by atoms with Gasteiger partial charge in [0.05, 0.1) is 5.69 Å². The number of halogens is 1. The van der Waals surface area contributed by atoms with Gasteiger partial charge in [-0.1, -0.05) is 17.7 Å². The summed E-state index contributed by atoms with van der Waals surface area (Å²) in [4.78, 5) is 31.2. The van der Waals surface area contributed by atoms with Gasteiger partial charge in [-0.25, -0.2) is 4.98 Å². The summed E-state index contributed by atoms with van der Waals surface area (Å²) in [5.41, 5.74) is 2.55. The van der Waals surface area contributed by atoms with Gasteiger partial charge in [0.25, 0.3) is 0 Å². The van der Waals surface area contributed by atoms with Gasteiger partial charge in [0.15, 0.2) is 0 Å². The molecular weight excluding hydrogens is 364 g/mol. The molecule has 1 N–H and O–H groups in total. The van der Waals surface area contributed by atoms with Crippen LogP contribution in [0.4, 0.5) is 5.69 Å². The lowest BCUT2D eigenvalue weighted by molar-refractivity contribution is -0.132. The molecule has 6 nitrogen and oxygen atoms in total. The van der Waals surface area contributed by atoms with Gasteiger partial charge in [-0.05, 0) is 42.8 Å². The van der Waals surface area contributed by atoms with Gasteiger partial charge in [0.1, 0.15) is 11.6 Å². The van der Waals surface area contributed by atoms with Crippen molar-refractivity contribution in [3.8, 4) is 0 Å². The molecule has 1 saturated heterocycles. The standard InChI is InChI=1S/C20H19ClN4O2/c21-14-4-6-16(7-5-14)25-12-9-17(20(25)27)19(26)22-10-8-15-13-24-11-2-1-3-18(24)23-15/h1-7,11,13,17H,8-10,12H2,(H,22,26). The Labute approximate surface area is 161 Å². The highest BCUT2D eigenvalue weighted by atomic mass is 35.5. The van der Waals surface area contributed by atoms with Crippen LogP contribution < -0.4 is 10.2 Å². The van der Waals surface area contributed by atoms with Crippen LogP contribution in [0.5, 0.6) is 0 Å². The molecule has 2 amide bonds. The van der Waals surface area contributed by atoms with Crippen molar-refractivity contribution < 1.29 is 9.59 Å². The number of carbonyl (C=O) groups is 2. The van der Waals surface area contributed by atoms with Gasteiger partial charge in [0.2, 0.25) is 11.8 Å². The van der Waals surface area contributed by atoms with Crippen molar-refractivity contribution in [2.75, 3.05) is 18.0 Å². The quantitative estimate of drug-likeness (QED) is 0.690. The molecule has 3 aromatic rings. The van der Waals surface area contributed by atoms with Crippen LogP contribution in [0.15, 0.2) is 54.9 Å². The van der Waals surface area contributed by atoms with Gasteiger partial charge >= 0.3 is 0 Å². The van der Waals surface area contributed by atoms with E-state index < -0.39 is 5.92 Å². The molecule has 3 heterocycles. The number of nitrogens with zero attached hydrogens (tertiary/aromatic N) is 3. The average molecular weight is 383 g/mol. The highest BCUT2D eigenvalue weighted by molar-refractivity contribution is 6.30. The zero-order valence-electron chi connectivity index (χ0n) is 14.6. The zero-order valence-corrected chi connectivity index (χ0v) is 15.4. The van der Waals surface area contributed by atoms with Crippen LogP contribution in [0.1, 0.15) is 12.1 Å². The second-order valence-corrected chi connectivity index (χ2v) is 6.98. The molecule has 0 aliphatic carbocycles. The number of amides is 2. The molecule has 27 heavy (non-hydrogen) atoms. The Bertz CT molecular complexity index is 950. The largest absolute Gasteiger partial charge is 0.355 e. The van der Waals surface area contributed by atoms with E-state index in [4.69, 9.17) is 11.6 Å². The maximum Gasteiger partial charge on any atom is 0.239 e. The molecule has 138 valence electrons. The lowest BCUT2D eigenvalue weighted by Gasteiger charge is -2.16. The molecule has 1 unspecified atom stereocenters. The van der Waals surface area contributed by atoms with Crippen LogP contribution >= 0.6 is 11.6 Å². The van der Waals surface area contributed by atoms with E-state index >= 15 is 0 Å². The molecule has 0 radical (unpaired) electrons. The van der Waals surface area contributed by atoms with Gasteiger partial charge in [0, 0.05) is 42.6 Å². The first-order chi connectivity index (χ1) is 13.1. The predicted molar refractivity (Wildman–Crippen MR) is 104 cm³/mol. The molecule has 0 saturated carbocycles. The second kappa shape index (κ2) is 7.40. The van der Waals surface area contributed by atoms with E-state index in [2.05, 4.69) is 10.3 Å². The predicted octanol–water partition coefficient (Wildman–Crippen LogP) is 2.70. The summed E-state index contributed by atoms with van der Waals surface area (Å²) in [6, 6.07) is 12.9. The fourth-order valence-electron chi connectivity index (χ4n) is 3.35. The Morgan fingerprint density at radius 1 is 1.22 bits per heavy atom. The van der Waals surface area contributed by atoms with E-state index in [1.165, 1.54) is 0 Å². The first-order valence-corrected chi connectivity index (χ1v) is 9.27. The van der Waals surface area contributed by atoms with E-state index in [0.29, 0.717) is 31.0 Å². The zero-order chi connectivity index (χ0) is 18.8. The Morgan fingerprint density at radius 3 is 2.81 bits per heavy atom. The molecule has 0 bridgehead atoms. The van der Waals surface area contributed by atoms with Crippen molar-refractivity contribution in [2.45, 2.75) is 12.8 Å². The Hall–Kier alpha value is -2.86. The minimum absolute atomic E-state index is 0.164. The van der Waals surface area contributed by atoms with Gasteiger partial charge in [-0.3, -0.25) is 9.59 Å². The lowest BCUT2D eigenvalue weighted by Crippen LogP contribution is -2.37. The van der Waals surface area contributed by atoms with E-state index in [-0.39, 0.29) is 11.8 Å². The molecule has 1 aromatic carbocycles. The highest BCUT2D eigenvalue weighted by Gasteiger charge is 2.37. The summed E-state index contributed by atoms with van der Waals surface area (Å²) in [5.74, 6) is -1.02. The maximum absolute atomic E-state index is 12.6. The monoisotopic (exact) mass is 382 g/mol. The van der Waals surface area contributed by atoms with Crippen LogP contribution in [0.3, 0.4) is 0 Å². The molecule has 1 aliphatic heterocycles. The number of nitrogens with one attached hydrogen (secondary N) is 1. The lowest BCUT2D eigenvalue weighted by atomic mass is 10.1. The Morgan fingerprint density at radius 2 is 2.04 bits per heavy atom. The van der Waals surface area contributed by atoms with E-state index in [1.54, 1.807) is 29.2 Å². The summed E-state index contributed by atoms with van der Waals surface area (Å²) < 4.78 is 1.95. The number of carbonyl (C=O) groups excluding carboxylic acids is 2. The first kappa shape index (κ1) is 17.5. The molecular formula is C20H19ClN4O2. The van der Waals surface area contributed by atoms with Gasteiger partial charge in [-0.2, -0.15) is 0 Å². The van der Waals surface area contributed by atoms with Crippen LogP contribution in [0, 0.1) is 5.92 Å². The summed E-state index contributed by atoms with van der Waals surface area (Å²) in [5, 5.41) is 3.49. The van der Waals surface area contributed by atoms with Crippen molar-refractivity contribution in [2.24, 2.45) is 5.92 Å². The van der Waals surface area contributed by atoms with Crippen molar-refractivity contribution in [1.29, 1.82) is 0 Å². The molecule has 1 atom stereocenters. The fourth-order valence-corrected chi connectivity index (χ4v) is 3.47. The third kappa shape index (κ3) is 3.66. The van der Waals surface area contributed by atoms with Crippen LogP contribution in [-0.2, 0) is 16.0 Å². The third-order valence-electron chi connectivity index (χ3n) is 4.75. The van der Waals surface area contributed by atoms with Crippen LogP contribution in [0.25, 0.3) is 5.65 Å². The molecule has 1 fully saturated rings. The number of anilines is 1. The minimum atomic E-state index is -0.637. The Kier molecular flexibility index (Phi) is 4.81. The molecule has 4 rings (SSSR count). The summed E-state index contributed by atoms with van der Waals surface area (Å²) in [6.45, 7) is 0.985. The highest BCUT2D eigenvalue weighted by Crippen LogP contribution is 2.26. The summed E-state index contributed by atoms with van der Waals surface area (Å²) in [7, 11) is 0. The molecule has 1 aliphatic rings.